The van der Waals surface area contributed by atoms with Crippen molar-refractivity contribution in [3.05, 3.63) is 47.3 Å². The summed E-state index contributed by atoms with van der Waals surface area (Å²) in [4.78, 5) is 18.2. The van der Waals surface area contributed by atoms with Crippen LogP contribution in [0.1, 0.15) is 19.3 Å². The molecular formula is C20H19N5O3S3. The highest BCUT2D eigenvalue weighted by Gasteiger charge is 2.38. The van der Waals surface area contributed by atoms with E-state index < -0.39 is 22.0 Å². The van der Waals surface area contributed by atoms with Gasteiger partial charge < -0.3 is 4.57 Å². The molecule has 0 bridgehead atoms. The van der Waals surface area contributed by atoms with Gasteiger partial charge in [-0.25, -0.2) is 8.42 Å². The maximum absolute atomic E-state index is 13.5. The Morgan fingerprint density at radius 3 is 2.81 bits per heavy atom. The fourth-order valence-corrected chi connectivity index (χ4v) is 7.34. The minimum Gasteiger partial charge on any atom is -0.319 e. The Hall–Kier alpha value is -2.47. The quantitative estimate of drug-likeness (QED) is 0.456. The summed E-state index contributed by atoms with van der Waals surface area (Å²) in [6.45, 7) is 0.279. The predicted molar refractivity (Wildman–Crippen MR) is 120 cm³/mol. The summed E-state index contributed by atoms with van der Waals surface area (Å²) in [7, 11) is -2.07. The van der Waals surface area contributed by atoms with Gasteiger partial charge in [-0.15, -0.1) is 0 Å². The summed E-state index contributed by atoms with van der Waals surface area (Å²) in [5.74, 6) is -0.436. The van der Waals surface area contributed by atoms with Crippen molar-refractivity contribution >= 4 is 60.2 Å². The van der Waals surface area contributed by atoms with Gasteiger partial charge in [0.1, 0.15) is 22.0 Å². The lowest BCUT2D eigenvalue weighted by Gasteiger charge is -2.32. The minimum absolute atomic E-state index is 0.0888. The number of carbonyl (C=O) groups excluding carboxylic acids is 1. The smallest absolute Gasteiger partial charge is 0.266 e. The molecule has 160 valence electrons. The number of aryl methyl sites for hydroxylation is 1. The van der Waals surface area contributed by atoms with Gasteiger partial charge in [-0.05, 0) is 37.1 Å². The van der Waals surface area contributed by atoms with Crippen molar-refractivity contribution in [1.82, 2.24) is 17.6 Å². The molecule has 1 saturated heterocycles. The summed E-state index contributed by atoms with van der Waals surface area (Å²) in [6.07, 6.45) is 1.92. The molecule has 0 radical (unpaired) electrons. The third kappa shape index (κ3) is 3.51. The van der Waals surface area contributed by atoms with Gasteiger partial charge in [-0.2, -0.15) is 18.0 Å². The number of rotatable bonds is 3. The van der Waals surface area contributed by atoms with Gasteiger partial charge in [0.05, 0.1) is 21.9 Å². The number of amides is 1. The van der Waals surface area contributed by atoms with E-state index in [-0.39, 0.29) is 11.4 Å². The van der Waals surface area contributed by atoms with Gasteiger partial charge in [0.25, 0.3) is 5.91 Å². The summed E-state index contributed by atoms with van der Waals surface area (Å²) in [5, 5.41) is 0. The average Bonchev–Trinajstić information content (AvgIpc) is 3.38. The lowest BCUT2D eigenvalue weighted by Crippen LogP contribution is -2.47. The van der Waals surface area contributed by atoms with Crippen LogP contribution in [0.4, 0.5) is 0 Å². The second-order valence-corrected chi connectivity index (χ2v) is 10.8. The Labute approximate surface area is 186 Å². The van der Waals surface area contributed by atoms with E-state index in [1.54, 1.807) is 12.1 Å². The van der Waals surface area contributed by atoms with Crippen molar-refractivity contribution in [2.75, 3.05) is 6.54 Å². The van der Waals surface area contributed by atoms with Crippen LogP contribution in [0.2, 0.25) is 0 Å². The fourth-order valence-electron chi connectivity index (χ4n) is 3.91. The number of piperidine rings is 1. The molecule has 0 saturated carbocycles. The number of sulfonamides is 1. The number of hydrogen-bond acceptors (Lipinski definition) is 7. The Kier molecular flexibility index (Phi) is 5.21. The van der Waals surface area contributed by atoms with Crippen LogP contribution in [-0.4, -0.2) is 44.5 Å². The number of para-hydroxylation sites is 1. The molecule has 8 nitrogen and oxygen atoms in total. The maximum Gasteiger partial charge on any atom is 0.266 e. The largest absolute Gasteiger partial charge is 0.319 e. The van der Waals surface area contributed by atoms with Gasteiger partial charge in [0.15, 0.2) is 4.80 Å². The number of benzene rings is 2. The van der Waals surface area contributed by atoms with Crippen molar-refractivity contribution in [2.24, 2.45) is 12.0 Å². The standard InChI is InChI=1S/C20H19N5O3S3/c1-24-14-8-2-3-10-16(14)29-20(24)21-19(26)15-9-4-5-12-25(15)31(27,28)17-11-6-7-13-18(17)23-30-22-13/h2-3,6-8,10-11,15H,4-5,9,12H2,1H3/t15-/m1/s1. The first kappa shape index (κ1) is 20.4. The van der Waals surface area contributed by atoms with Gasteiger partial charge in [-0.3, -0.25) is 4.79 Å². The first-order valence-corrected chi connectivity index (χ1v) is 12.8. The molecule has 11 heteroatoms. The molecule has 1 fully saturated rings. The molecule has 2 aromatic heterocycles. The Morgan fingerprint density at radius 2 is 1.97 bits per heavy atom. The number of thiazole rings is 1. The van der Waals surface area contributed by atoms with Crippen LogP contribution in [0.5, 0.6) is 0 Å². The molecule has 5 rings (SSSR count). The predicted octanol–water partition coefficient (Wildman–Crippen LogP) is 2.92. The third-order valence-electron chi connectivity index (χ3n) is 5.49. The van der Waals surface area contributed by atoms with Crippen LogP contribution in [0, 0.1) is 0 Å². The van der Waals surface area contributed by atoms with E-state index in [4.69, 9.17) is 0 Å². The molecule has 1 amide bonds. The van der Waals surface area contributed by atoms with E-state index in [2.05, 4.69) is 13.7 Å². The fraction of sp³-hybridized carbons (Fsp3) is 0.300. The van der Waals surface area contributed by atoms with Gasteiger partial charge in [-0.1, -0.05) is 36.0 Å². The molecule has 0 unspecified atom stereocenters. The number of hydrogen-bond donors (Lipinski definition) is 0. The van der Waals surface area contributed by atoms with Gasteiger partial charge in [0.2, 0.25) is 10.0 Å². The second-order valence-electron chi connectivity index (χ2n) is 7.38. The van der Waals surface area contributed by atoms with Crippen molar-refractivity contribution in [1.29, 1.82) is 0 Å². The van der Waals surface area contributed by atoms with E-state index >= 15 is 0 Å². The summed E-state index contributed by atoms with van der Waals surface area (Å²) in [5.41, 5.74) is 1.86. The highest BCUT2D eigenvalue weighted by atomic mass is 32.2. The molecule has 4 aromatic rings. The van der Waals surface area contributed by atoms with Gasteiger partial charge >= 0.3 is 0 Å². The molecule has 3 heterocycles. The molecule has 0 N–H and O–H groups in total. The topological polar surface area (TPSA) is 97.5 Å². The van der Waals surface area contributed by atoms with Crippen molar-refractivity contribution in [3.63, 3.8) is 0 Å². The van der Waals surface area contributed by atoms with E-state index in [0.29, 0.717) is 28.7 Å². The second kappa shape index (κ2) is 7.90. The van der Waals surface area contributed by atoms with Crippen LogP contribution in [-0.2, 0) is 21.9 Å². The van der Waals surface area contributed by atoms with E-state index in [9.17, 15) is 13.2 Å². The molecule has 1 atom stereocenters. The molecule has 31 heavy (non-hydrogen) atoms. The SMILES string of the molecule is Cn1c(=NC(=O)[C@H]2CCCCN2S(=O)(=O)c2cccc3nsnc23)sc2ccccc21. The molecule has 1 aliphatic rings. The number of fused-ring (bicyclic) bond motifs is 2. The first-order valence-electron chi connectivity index (χ1n) is 9.83. The molecular weight excluding hydrogens is 454 g/mol. The van der Waals surface area contributed by atoms with Crippen molar-refractivity contribution < 1.29 is 13.2 Å². The Balaban J connectivity index is 1.55. The minimum atomic E-state index is -3.93. The Bertz CT molecular complexity index is 1470. The van der Waals surface area contributed by atoms with E-state index in [1.165, 1.54) is 21.7 Å². The van der Waals surface area contributed by atoms with Crippen LogP contribution in [0.3, 0.4) is 0 Å². The van der Waals surface area contributed by atoms with Crippen molar-refractivity contribution in [2.45, 2.75) is 30.2 Å². The zero-order valence-corrected chi connectivity index (χ0v) is 19.1. The zero-order chi connectivity index (χ0) is 21.6. The first-order chi connectivity index (χ1) is 15.0. The van der Waals surface area contributed by atoms with E-state index in [0.717, 1.165) is 28.4 Å². The lowest BCUT2D eigenvalue weighted by molar-refractivity contribution is -0.122. The van der Waals surface area contributed by atoms with Crippen molar-refractivity contribution in [3.8, 4) is 0 Å². The van der Waals surface area contributed by atoms with Crippen LogP contribution >= 0.6 is 23.1 Å². The number of nitrogens with zero attached hydrogens (tertiary/aromatic N) is 5. The third-order valence-corrected chi connectivity index (χ3v) is 9.09. The van der Waals surface area contributed by atoms with Crippen LogP contribution < -0.4 is 4.80 Å². The van der Waals surface area contributed by atoms with Crippen LogP contribution in [0.15, 0.2) is 52.4 Å². The Morgan fingerprint density at radius 1 is 1.13 bits per heavy atom. The summed E-state index contributed by atoms with van der Waals surface area (Å²) in [6, 6.07) is 11.9. The normalized spacial score (nSPS) is 18.7. The summed E-state index contributed by atoms with van der Waals surface area (Å²) < 4.78 is 39.6. The van der Waals surface area contributed by atoms with Gasteiger partial charge in [0, 0.05) is 13.6 Å². The zero-order valence-electron chi connectivity index (χ0n) is 16.6. The molecule has 2 aromatic carbocycles. The maximum atomic E-state index is 13.5. The molecule has 0 spiro atoms. The average molecular weight is 474 g/mol. The molecule has 1 aliphatic heterocycles. The number of aromatic nitrogens is 3. The highest BCUT2D eigenvalue weighted by Crippen LogP contribution is 2.30. The van der Waals surface area contributed by atoms with E-state index in [1.807, 2.05) is 35.9 Å². The monoisotopic (exact) mass is 473 g/mol. The lowest BCUT2D eigenvalue weighted by atomic mass is 10.0. The molecule has 0 aliphatic carbocycles. The highest BCUT2D eigenvalue weighted by molar-refractivity contribution is 7.89. The van der Waals surface area contributed by atoms with Crippen LogP contribution in [0.25, 0.3) is 21.3 Å². The number of carbonyl (C=O) groups is 1. The summed E-state index contributed by atoms with van der Waals surface area (Å²) >= 11 is 2.39.